The predicted octanol–water partition coefficient (Wildman–Crippen LogP) is 3.10. The van der Waals surface area contributed by atoms with Crippen LogP contribution in [0.15, 0.2) is 15.9 Å². The quantitative estimate of drug-likeness (QED) is 0.810. The lowest BCUT2D eigenvalue weighted by Gasteiger charge is -2.32. The maximum atomic E-state index is 5.70. The summed E-state index contributed by atoms with van der Waals surface area (Å²) in [5.74, 6) is 0. The van der Waals surface area contributed by atoms with Gasteiger partial charge in [0.2, 0.25) is 0 Å². The maximum Gasteiger partial charge on any atom is 0.0547 e. The van der Waals surface area contributed by atoms with E-state index in [1.54, 1.807) is 0 Å². The van der Waals surface area contributed by atoms with Gasteiger partial charge in [0.1, 0.15) is 0 Å². The zero-order valence-corrected chi connectivity index (χ0v) is 14.4. The molecule has 0 aromatic carbocycles. The van der Waals surface area contributed by atoms with Crippen LogP contribution in [-0.2, 0) is 11.3 Å². The van der Waals surface area contributed by atoms with E-state index in [4.69, 9.17) is 4.74 Å². The smallest absolute Gasteiger partial charge is 0.0547 e. The summed E-state index contributed by atoms with van der Waals surface area (Å²) in [6.45, 7) is 5.08. The van der Waals surface area contributed by atoms with E-state index in [2.05, 4.69) is 44.6 Å². The summed E-state index contributed by atoms with van der Waals surface area (Å²) in [7, 11) is 2.23. The Hall–Kier alpha value is 0.0600. The molecule has 2 fully saturated rings. The van der Waals surface area contributed by atoms with Crippen LogP contribution in [0.1, 0.15) is 24.1 Å². The Morgan fingerprint density at radius 2 is 2.40 bits per heavy atom. The van der Waals surface area contributed by atoms with E-state index in [9.17, 15) is 0 Å². The fraction of sp³-hybridized carbons (Fsp3) is 0.733. The normalized spacial score (nSPS) is 26.6. The Bertz CT molecular complexity index is 441. The number of hydrogen-bond donors (Lipinski definition) is 1. The van der Waals surface area contributed by atoms with Gasteiger partial charge in [0.25, 0.3) is 0 Å². The molecule has 1 atom stereocenters. The van der Waals surface area contributed by atoms with Crippen molar-refractivity contribution in [1.29, 1.82) is 0 Å². The highest BCUT2D eigenvalue weighted by molar-refractivity contribution is 9.10. The molecule has 0 radical (unpaired) electrons. The molecule has 2 heterocycles. The van der Waals surface area contributed by atoms with E-state index < -0.39 is 0 Å². The first-order chi connectivity index (χ1) is 9.65. The fourth-order valence-electron chi connectivity index (χ4n) is 2.95. The van der Waals surface area contributed by atoms with Crippen molar-refractivity contribution in [2.24, 2.45) is 5.41 Å². The highest BCUT2D eigenvalue weighted by Crippen LogP contribution is 2.31. The second-order valence-electron chi connectivity index (χ2n) is 6.36. The number of nitrogens with zero attached hydrogens (tertiary/aromatic N) is 1. The molecule has 1 saturated carbocycles. The first-order valence-corrected chi connectivity index (χ1v) is 9.05. The molecule has 0 bridgehead atoms. The summed E-state index contributed by atoms with van der Waals surface area (Å²) in [6.07, 6.45) is 3.90. The van der Waals surface area contributed by atoms with Crippen molar-refractivity contribution in [3.63, 3.8) is 0 Å². The van der Waals surface area contributed by atoms with E-state index >= 15 is 0 Å². The van der Waals surface area contributed by atoms with Gasteiger partial charge >= 0.3 is 0 Å². The number of rotatable bonds is 7. The highest BCUT2D eigenvalue weighted by Gasteiger charge is 2.37. The molecule has 3 nitrogen and oxygen atoms in total. The first kappa shape index (κ1) is 15.0. The van der Waals surface area contributed by atoms with Crippen molar-refractivity contribution < 1.29 is 4.74 Å². The monoisotopic (exact) mass is 358 g/mol. The Morgan fingerprint density at radius 3 is 3.00 bits per heavy atom. The summed E-state index contributed by atoms with van der Waals surface area (Å²) in [6, 6.07) is 3.01. The summed E-state index contributed by atoms with van der Waals surface area (Å²) in [5.41, 5.74) is 0.311. The molecule has 5 heteroatoms. The minimum Gasteiger partial charge on any atom is -0.381 e. The van der Waals surface area contributed by atoms with Crippen LogP contribution in [0.3, 0.4) is 0 Å². The zero-order chi connectivity index (χ0) is 14.0. The van der Waals surface area contributed by atoms with Gasteiger partial charge in [-0.2, -0.15) is 0 Å². The maximum absolute atomic E-state index is 5.70. The third kappa shape index (κ3) is 4.04. The molecule has 1 aromatic heterocycles. The molecule has 1 N–H and O–H groups in total. The van der Waals surface area contributed by atoms with Gasteiger partial charge < -0.3 is 15.0 Å². The third-order valence-corrected chi connectivity index (χ3v) is 5.86. The predicted molar refractivity (Wildman–Crippen MR) is 87.2 cm³/mol. The van der Waals surface area contributed by atoms with Gasteiger partial charge in [-0.3, -0.25) is 0 Å². The first-order valence-electron chi connectivity index (χ1n) is 7.38. The van der Waals surface area contributed by atoms with Crippen molar-refractivity contribution >= 4 is 27.3 Å². The van der Waals surface area contributed by atoms with Gasteiger partial charge in [0, 0.05) is 52.4 Å². The lowest BCUT2D eigenvalue weighted by Crippen LogP contribution is -2.44. The minimum atomic E-state index is 0.311. The van der Waals surface area contributed by atoms with Crippen LogP contribution >= 0.6 is 27.3 Å². The van der Waals surface area contributed by atoms with Crippen LogP contribution in [0.25, 0.3) is 0 Å². The van der Waals surface area contributed by atoms with Crippen molar-refractivity contribution in [1.82, 2.24) is 10.2 Å². The van der Waals surface area contributed by atoms with Crippen LogP contribution < -0.4 is 5.32 Å². The topological polar surface area (TPSA) is 24.5 Å². The standard InChI is InChI=1S/C15H23BrN2OS/c1-18(7-14-6-12(16)8-20-14)10-15(4-5-19-11-15)9-17-13-2-3-13/h6,8,13,17H,2-5,7,9-11H2,1H3. The van der Waals surface area contributed by atoms with Crippen LogP contribution in [0, 0.1) is 5.41 Å². The molecule has 2 aliphatic rings. The Morgan fingerprint density at radius 1 is 1.55 bits per heavy atom. The van der Waals surface area contributed by atoms with Crippen LogP contribution in [0.2, 0.25) is 0 Å². The average molecular weight is 359 g/mol. The zero-order valence-electron chi connectivity index (χ0n) is 12.0. The molecule has 1 unspecified atom stereocenters. The van der Waals surface area contributed by atoms with E-state index in [1.807, 2.05) is 11.3 Å². The molecule has 1 saturated heterocycles. The van der Waals surface area contributed by atoms with Crippen LogP contribution in [-0.4, -0.2) is 44.3 Å². The fourth-order valence-corrected chi connectivity index (χ4v) is 4.48. The lowest BCUT2D eigenvalue weighted by atomic mass is 9.86. The number of hydrogen-bond acceptors (Lipinski definition) is 4. The largest absolute Gasteiger partial charge is 0.381 e. The van der Waals surface area contributed by atoms with Crippen molar-refractivity contribution in [3.05, 3.63) is 20.8 Å². The van der Waals surface area contributed by atoms with Gasteiger partial charge in [-0.15, -0.1) is 11.3 Å². The van der Waals surface area contributed by atoms with Crippen LogP contribution in [0.5, 0.6) is 0 Å². The average Bonchev–Trinajstić information content (AvgIpc) is 3.00. The van der Waals surface area contributed by atoms with Crippen molar-refractivity contribution in [2.75, 3.05) is 33.4 Å². The Balaban J connectivity index is 1.54. The van der Waals surface area contributed by atoms with Gasteiger partial charge in [0.05, 0.1) is 6.61 Å². The molecular weight excluding hydrogens is 336 g/mol. The van der Waals surface area contributed by atoms with Crippen molar-refractivity contribution in [2.45, 2.75) is 31.8 Å². The van der Waals surface area contributed by atoms with Crippen molar-refractivity contribution in [3.8, 4) is 0 Å². The highest BCUT2D eigenvalue weighted by atomic mass is 79.9. The van der Waals surface area contributed by atoms with E-state index in [0.29, 0.717) is 5.41 Å². The van der Waals surface area contributed by atoms with Gasteiger partial charge in [-0.1, -0.05) is 0 Å². The summed E-state index contributed by atoms with van der Waals surface area (Å²) in [5, 5.41) is 5.86. The van der Waals surface area contributed by atoms with Crippen LogP contribution in [0.4, 0.5) is 0 Å². The molecule has 0 amide bonds. The van der Waals surface area contributed by atoms with Gasteiger partial charge in [-0.25, -0.2) is 0 Å². The molecule has 1 aromatic rings. The third-order valence-electron chi connectivity index (χ3n) is 4.18. The molecule has 112 valence electrons. The summed E-state index contributed by atoms with van der Waals surface area (Å²) in [4.78, 5) is 3.87. The number of ether oxygens (including phenoxy) is 1. The second kappa shape index (κ2) is 6.44. The summed E-state index contributed by atoms with van der Waals surface area (Å²) < 4.78 is 6.89. The molecule has 0 spiro atoms. The second-order valence-corrected chi connectivity index (χ2v) is 8.27. The van der Waals surface area contributed by atoms with E-state index in [1.165, 1.54) is 28.6 Å². The number of thiophene rings is 1. The number of halogens is 1. The molecule has 20 heavy (non-hydrogen) atoms. The van der Waals surface area contributed by atoms with E-state index in [-0.39, 0.29) is 0 Å². The molecule has 1 aliphatic heterocycles. The molecule has 3 rings (SSSR count). The lowest BCUT2D eigenvalue weighted by molar-refractivity contribution is 0.116. The Kier molecular flexibility index (Phi) is 4.82. The minimum absolute atomic E-state index is 0.311. The van der Waals surface area contributed by atoms with Gasteiger partial charge in [-0.05, 0) is 48.3 Å². The number of nitrogens with one attached hydrogen (secondary N) is 1. The molecular formula is C15H23BrN2OS. The van der Waals surface area contributed by atoms with Gasteiger partial charge in [0.15, 0.2) is 0 Å². The summed E-state index contributed by atoms with van der Waals surface area (Å²) >= 11 is 5.36. The van der Waals surface area contributed by atoms with E-state index in [0.717, 1.165) is 38.9 Å². The SMILES string of the molecule is CN(Cc1cc(Br)cs1)CC1(CNC2CC2)CCOC1. The Labute approximate surface area is 133 Å². The molecule has 1 aliphatic carbocycles.